The van der Waals surface area contributed by atoms with E-state index < -0.39 is 0 Å². The first-order valence-electron chi connectivity index (χ1n) is 6.74. The second-order valence-electron chi connectivity index (χ2n) is 5.81. The number of hydrogen-bond acceptors (Lipinski definition) is 1. The highest BCUT2D eigenvalue weighted by molar-refractivity contribution is 4.83. The summed E-state index contributed by atoms with van der Waals surface area (Å²) in [6.45, 7) is 9.21. The lowest BCUT2D eigenvalue weighted by Crippen LogP contribution is -2.35. The van der Waals surface area contributed by atoms with E-state index in [1.807, 2.05) is 0 Å². The molecule has 0 bridgehead atoms. The van der Waals surface area contributed by atoms with Gasteiger partial charge >= 0.3 is 0 Å². The van der Waals surface area contributed by atoms with Crippen LogP contribution in [0.25, 0.3) is 0 Å². The molecule has 1 aliphatic carbocycles. The highest BCUT2D eigenvalue weighted by atomic mass is 16.3. The molecule has 0 aromatic rings. The van der Waals surface area contributed by atoms with E-state index in [0.717, 1.165) is 18.3 Å². The molecule has 0 aromatic carbocycles. The molecule has 0 heterocycles. The molecule has 1 nitrogen and oxygen atoms in total. The van der Waals surface area contributed by atoms with Gasteiger partial charge in [-0.2, -0.15) is 0 Å². The zero-order chi connectivity index (χ0) is 11.4. The molecule has 4 unspecified atom stereocenters. The molecule has 1 aliphatic rings. The predicted octanol–water partition coefficient (Wildman–Crippen LogP) is 3.86. The Morgan fingerprint density at radius 2 is 1.87 bits per heavy atom. The summed E-state index contributed by atoms with van der Waals surface area (Å²) in [5, 5.41) is 10.1. The van der Waals surface area contributed by atoms with Gasteiger partial charge in [-0.25, -0.2) is 0 Å². The third kappa shape index (κ3) is 3.48. The summed E-state index contributed by atoms with van der Waals surface area (Å²) >= 11 is 0. The second kappa shape index (κ2) is 5.89. The van der Waals surface area contributed by atoms with E-state index in [9.17, 15) is 5.11 Å². The minimum absolute atomic E-state index is 0.0263. The molecule has 0 aliphatic heterocycles. The molecule has 1 N–H and O–H groups in total. The molecule has 0 spiro atoms. The number of aliphatic hydroxyl groups excluding tert-OH is 1. The summed E-state index contributed by atoms with van der Waals surface area (Å²) < 4.78 is 0. The lowest BCUT2D eigenvalue weighted by Gasteiger charge is -2.38. The van der Waals surface area contributed by atoms with Gasteiger partial charge < -0.3 is 5.11 Å². The SMILES string of the molecule is CCCC(C)C1CC(C(C)C)CCC1O. The van der Waals surface area contributed by atoms with Crippen LogP contribution in [0.15, 0.2) is 0 Å². The Kier molecular flexibility index (Phi) is 5.11. The molecule has 0 amide bonds. The van der Waals surface area contributed by atoms with Crippen LogP contribution in [0.5, 0.6) is 0 Å². The monoisotopic (exact) mass is 212 g/mol. The van der Waals surface area contributed by atoms with Gasteiger partial charge in [-0.15, -0.1) is 0 Å². The number of hydrogen-bond donors (Lipinski definition) is 1. The van der Waals surface area contributed by atoms with Gasteiger partial charge in [0.2, 0.25) is 0 Å². The Labute approximate surface area is 95.3 Å². The first-order chi connectivity index (χ1) is 7.06. The topological polar surface area (TPSA) is 20.2 Å². The minimum Gasteiger partial charge on any atom is -0.393 e. The van der Waals surface area contributed by atoms with Crippen LogP contribution in [-0.2, 0) is 0 Å². The van der Waals surface area contributed by atoms with Crippen LogP contribution < -0.4 is 0 Å². The van der Waals surface area contributed by atoms with Crippen LogP contribution in [0.3, 0.4) is 0 Å². The Morgan fingerprint density at radius 1 is 1.20 bits per heavy atom. The van der Waals surface area contributed by atoms with Crippen molar-refractivity contribution in [3.63, 3.8) is 0 Å². The van der Waals surface area contributed by atoms with Crippen LogP contribution in [0, 0.1) is 23.7 Å². The fourth-order valence-electron chi connectivity index (χ4n) is 3.11. The summed E-state index contributed by atoms with van der Waals surface area (Å²) in [6, 6.07) is 0. The number of aliphatic hydroxyl groups is 1. The molecule has 0 saturated heterocycles. The van der Waals surface area contributed by atoms with Crippen molar-refractivity contribution >= 4 is 0 Å². The van der Waals surface area contributed by atoms with Crippen LogP contribution in [0.1, 0.15) is 59.8 Å². The normalized spacial score (nSPS) is 34.4. The van der Waals surface area contributed by atoms with E-state index in [-0.39, 0.29) is 6.10 Å². The van der Waals surface area contributed by atoms with Crippen molar-refractivity contribution in [1.82, 2.24) is 0 Å². The van der Waals surface area contributed by atoms with Gasteiger partial charge in [-0.1, -0.05) is 40.5 Å². The maximum atomic E-state index is 10.1. The van der Waals surface area contributed by atoms with E-state index in [4.69, 9.17) is 0 Å². The molecule has 1 rings (SSSR count). The fraction of sp³-hybridized carbons (Fsp3) is 1.00. The highest BCUT2D eigenvalue weighted by Gasteiger charge is 2.33. The summed E-state index contributed by atoms with van der Waals surface area (Å²) in [5.74, 6) is 2.89. The van der Waals surface area contributed by atoms with Crippen LogP contribution >= 0.6 is 0 Å². The van der Waals surface area contributed by atoms with E-state index in [1.54, 1.807) is 0 Å². The van der Waals surface area contributed by atoms with Gasteiger partial charge in [0.05, 0.1) is 6.10 Å². The third-order valence-corrected chi connectivity index (χ3v) is 4.32. The smallest absolute Gasteiger partial charge is 0.0571 e. The van der Waals surface area contributed by atoms with Crippen molar-refractivity contribution in [2.24, 2.45) is 23.7 Å². The lowest BCUT2D eigenvalue weighted by molar-refractivity contribution is 0.00958. The zero-order valence-electron chi connectivity index (χ0n) is 10.9. The molecule has 0 aromatic heterocycles. The summed E-state index contributed by atoms with van der Waals surface area (Å²) in [7, 11) is 0. The molecular weight excluding hydrogens is 184 g/mol. The van der Waals surface area contributed by atoms with E-state index in [1.165, 1.54) is 25.7 Å². The van der Waals surface area contributed by atoms with E-state index >= 15 is 0 Å². The molecule has 4 atom stereocenters. The molecule has 1 saturated carbocycles. The predicted molar refractivity (Wildman–Crippen MR) is 65.7 cm³/mol. The Bertz CT molecular complexity index is 176. The minimum atomic E-state index is -0.0263. The summed E-state index contributed by atoms with van der Waals surface area (Å²) in [6.07, 6.45) is 6.00. The van der Waals surface area contributed by atoms with Crippen molar-refractivity contribution in [1.29, 1.82) is 0 Å². The van der Waals surface area contributed by atoms with Gasteiger partial charge in [-0.3, -0.25) is 0 Å². The fourth-order valence-corrected chi connectivity index (χ4v) is 3.11. The van der Waals surface area contributed by atoms with Gasteiger partial charge in [0.15, 0.2) is 0 Å². The Hall–Kier alpha value is -0.0400. The maximum absolute atomic E-state index is 10.1. The number of rotatable bonds is 4. The average Bonchev–Trinajstić information content (AvgIpc) is 2.18. The van der Waals surface area contributed by atoms with Gasteiger partial charge in [0.25, 0.3) is 0 Å². The van der Waals surface area contributed by atoms with Crippen LogP contribution in [0.4, 0.5) is 0 Å². The largest absolute Gasteiger partial charge is 0.393 e. The van der Waals surface area contributed by atoms with Crippen LogP contribution in [0.2, 0.25) is 0 Å². The zero-order valence-corrected chi connectivity index (χ0v) is 10.9. The quantitative estimate of drug-likeness (QED) is 0.750. The molecule has 15 heavy (non-hydrogen) atoms. The van der Waals surface area contributed by atoms with E-state index in [2.05, 4.69) is 27.7 Å². The first-order valence-corrected chi connectivity index (χ1v) is 6.74. The Morgan fingerprint density at radius 3 is 2.40 bits per heavy atom. The highest BCUT2D eigenvalue weighted by Crippen LogP contribution is 2.38. The lowest BCUT2D eigenvalue weighted by atomic mass is 9.70. The second-order valence-corrected chi connectivity index (χ2v) is 5.81. The molecular formula is C14H28O. The molecule has 0 radical (unpaired) electrons. The van der Waals surface area contributed by atoms with Crippen molar-refractivity contribution in [2.75, 3.05) is 0 Å². The van der Waals surface area contributed by atoms with Gasteiger partial charge in [-0.05, 0) is 42.9 Å². The van der Waals surface area contributed by atoms with Gasteiger partial charge in [0.1, 0.15) is 0 Å². The standard InChI is InChI=1S/C14H28O/c1-5-6-11(4)13-9-12(10(2)3)7-8-14(13)15/h10-15H,5-9H2,1-4H3. The van der Waals surface area contributed by atoms with Gasteiger partial charge in [0, 0.05) is 0 Å². The van der Waals surface area contributed by atoms with Crippen LogP contribution in [-0.4, -0.2) is 11.2 Å². The van der Waals surface area contributed by atoms with Crippen molar-refractivity contribution < 1.29 is 5.11 Å². The third-order valence-electron chi connectivity index (χ3n) is 4.32. The molecule has 1 heteroatoms. The van der Waals surface area contributed by atoms with E-state index in [0.29, 0.717) is 11.8 Å². The van der Waals surface area contributed by atoms with Crippen molar-refractivity contribution in [3.05, 3.63) is 0 Å². The molecule has 90 valence electrons. The summed E-state index contributed by atoms with van der Waals surface area (Å²) in [5.41, 5.74) is 0. The Balaban J connectivity index is 2.52. The molecule has 1 fully saturated rings. The first kappa shape index (κ1) is 13.0. The van der Waals surface area contributed by atoms with Crippen molar-refractivity contribution in [2.45, 2.75) is 65.9 Å². The maximum Gasteiger partial charge on any atom is 0.0571 e. The average molecular weight is 212 g/mol. The van der Waals surface area contributed by atoms with Crippen molar-refractivity contribution in [3.8, 4) is 0 Å². The summed E-state index contributed by atoms with van der Waals surface area (Å²) in [4.78, 5) is 0.